The van der Waals surface area contributed by atoms with Gasteiger partial charge in [-0.1, -0.05) is 92.1 Å². The Balaban J connectivity index is 1.44. The van der Waals surface area contributed by atoms with Gasteiger partial charge in [0.15, 0.2) is 0 Å². The quantitative estimate of drug-likeness (QED) is 0.145. The zero-order valence-electron chi connectivity index (χ0n) is 32.9. The zero-order chi connectivity index (χ0) is 39.3. The highest BCUT2D eigenvalue weighted by Gasteiger charge is 2.70. The van der Waals surface area contributed by atoms with Crippen molar-refractivity contribution in [2.45, 2.75) is 142 Å². The highest BCUT2D eigenvalue weighted by Crippen LogP contribution is 2.65. The number of hydrogen-bond acceptors (Lipinski definition) is 8. The minimum Gasteiger partial charge on any atom is -0.346 e. The lowest BCUT2D eigenvalue weighted by Crippen LogP contribution is -2.64. The van der Waals surface area contributed by atoms with E-state index >= 15 is 4.79 Å². The molecule has 2 heterocycles. The van der Waals surface area contributed by atoms with Gasteiger partial charge in [0.05, 0.1) is 12.2 Å². The number of Topliss-reactive ketones (excluding diaryl/α,β-unsaturated/α-hetero) is 1. The Bertz CT molecular complexity index is 1570. The number of likely N-dealkylation sites (tertiary alicyclic amines) is 1. The Labute approximate surface area is 320 Å². The van der Waals surface area contributed by atoms with Crippen molar-refractivity contribution in [3.05, 3.63) is 36.9 Å². The smallest absolute Gasteiger partial charge is 0.289 e. The molecule has 5 amide bonds. The molecule has 54 heavy (non-hydrogen) atoms. The van der Waals surface area contributed by atoms with Gasteiger partial charge in [0, 0.05) is 25.5 Å². The molecule has 3 saturated carbocycles. The fourth-order valence-electron chi connectivity index (χ4n) is 9.56. The van der Waals surface area contributed by atoms with Crippen molar-refractivity contribution in [2.24, 2.45) is 28.1 Å². The Morgan fingerprint density at radius 2 is 1.52 bits per heavy atom. The number of fused-ring (bicyclic) bond motifs is 1. The Morgan fingerprint density at radius 1 is 0.889 bits per heavy atom. The maximum atomic E-state index is 15.1. The largest absolute Gasteiger partial charge is 0.346 e. The van der Waals surface area contributed by atoms with Gasteiger partial charge in [-0.15, -0.1) is 6.58 Å². The van der Waals surface area contributed by atoms with Crippen LogP contribution in [0, 0.1) is 28.1 Å². The summed E-state index contributed by atoms with van der Waals surface area (Å²) in [5.74, 6) is -3.33. The predicted octanol–water partition coefficient (Wildman–Crippen LogP) is 4.03. The molecule has 0 aromatic carbocycles. The Morgan fingerprint density at radius 3 is 2.09 bits per heavy atom. The van der Waals surface area contributed by atoms with Crippen LogP contribution in [0.15, 0.2) is 31.2 Å². The molecule has 4 N–H and O–H groups in total. The van der Waals surface area contributed by atoms with E-state index in [0.29, 0.717) is 25.8 Å². The molecule has 1 aliphatic heterocycles. The van der Waals surface area contributed by atoms with Crippen LogP contribution < -0.4 is 21.3 Å². The van der Waals surface area contributed by atoms with Crippen LogP contribution in [-0.4, -0.2) is 87.4 Å². The number of amides is 5. The van der Waals surface area contributed by atoms with Crippen molar-refractivity contribution in [3.63, 3.8) is 0 Å². The van der Waals surface area contributed by atoms with Crippen molar-refractivity contribution >= 4 is 35.3 Å². The molecule has 0 radical (unpaired) electrons. The molecule has 1 aromatic heterocycles. The highest BCUT2D eigenvalue weighted by molar-refractivity contribution is 6.38. The number of unbranched alkanes of at least 4 members (excludes halogenated alkanes) is 1. The third kappa shape index (κ3) is 8.70. The first kappa shape index (κ1) is 41.0. The average molecular weight is 748 g/mol. The van der Waals surface area contributed by atoms with E-state index in [0.717, 1.165) is 57.8 Å². The Hall–Kier alpha value is -4.16. The molecule has 3 aliphatic carbocycles. The SMILES string of the molecule is C=CCNC(=O)C(=O)C(CCCC)NC(=O)[C@@H]1[C@@H]2[C@H](CN1C(=O)[C@@H](NC(=O)[C@@H](NC(=O)c1cnccn1)C1(C)CCCCC1)C1(C)CCCCC1)C2(C)C. The molecule has 13 heteroatoms. The lowest BCUT2D eigenvalue weighted by Gasteiger charge is -2.45. The number of nitrogens with one attached hydrogen (secondary N) is 4. The van der Waals surface area contributed by atoms with Gasteiger partial charge in [-0.25, -0.2) is 4.98 Å². The summed E-state index contributed by atoms with van der Waals surface area (Å²) >= 11 is 0. The molecule has 4 fully saturated rings. The normalized spacial score (nSPS) is 25.1. The van der Waals surface area contributed by atoms with Crippen LogP contribution in [-0.2, 0) is 24.0 Å². The van der Waals surface area contributed by atoms with E-state index in [4.69, 9.17) is 0 Å². The summed E-state index contributed by atoms with van der Waals surface area (Å²) in [6.07, 6.45) is 16.0. The van der Waals surface area contributed by atoms with Crippen LogP contribution in [0.1, 0.15) is 129 Å². The minimum absolute atomic E-state index is 0.0635. The highest BCUT2D eigenvalue weighted by atomic mass is 16.2. The summed E-state index contributed by atoms with van der Waals surface area (Å²) < 4.78 is 0. The summed E-state index contributed by atoms with van der Waals surface area (Å²) in [4.78, 5) is 93.4. The molecule has 1 aromatic rings. The fourth-order valence-corrected chi connectivity index (χ4v) is 9.56. The number of carbonyl (C=O) groups is 6. The molecule has 6 atom stereocenters. The van der Waals surface area contributed by atoms with Crippen LogP contribution >= 0.6 is 0 Å². The standard InChI is InChI=1S/C41H61N7O6/c1-7-9-16-27(31(49)36(52)44-21-8-2)45-35(51)30-29-26(39(29,3)4)25-48(30)38(54)33(41(6)19-14-11-15-20-41)47-37(53)32(40(5)17-12-10-13-18-40)46-34(50)28-24-42-22-23-43-28/h8,22-24,26-27,29-30,32-33H,2,7,9-21,25H2,1,3-6H3,(H,44,52)(H,45,51)(H,46,50)(H,47,53)/t26-,27?,29-,30-,32+,33+/m0/s1. The van der Waals surface area contributed by atoms with E-state index in [-0.39, 0.29) is 41.8 Å². The molecule has 0 spiro atoms. The average Bonchev–Trinajstić information content (AvgIpc) is 3.46. The zero-order valence-corrected chi connectivity index (χ0v) is 32.9. The molecule has 4 aliphatic rings. The number of hydrogen-bond donors (Lipinski definition) is 4. The van der Waals surface area contributed by atoms with Crippen LogP contribution in [0.25, 0.3) is 0 Å². The second-order valence-corrected chi connectivity index (χ2v) is 17.3. The van der Waals surface area contributed by atoms with Crippen LogP contribution in [0.2, 0.25) is 0 Å². The predicted molar refractivity (Wildman–Crippen MR) is 204 cm³/mol. The van der Waals surface area contributed by atoms with Gasteiger partial charge in [0.1, 0.15) is 23.8 Å². The molecule has 296 valence electrons. The van der Waals surface area contributed by atoms with Crippen LogP contribution in [0.3, 0.4) is 0 Å². The van der Waals surface area contributed by atoms with E-state index in [2.05, 4.69) is 51.7 Å². The molecular formula is C41H61N7O6. The summed E-state index contributed by atoms with van der Waals surface area (Å²) in [6.45, 7) is 14.3. The van der Waals surface area contributed by atoms with E-state index in [1.54, 1.807) is 4.90 Å². The van der Waals surface area contributed by atoms with Crippen molar-refractivity contribution in [2.75, 3.05) is 13.1 Å². The van der Waals surface area contributed by atoms with Crippen molar-refractivity contribution in [1.29, 1.82) is 0 Å². The van der Waals surface area contributed by atoms with E-state index in [1.807, 2.05) is 20.8 Å². The van der Waals surface area contributed by atoms with E-state index in [9.17, 15) is 24.0 Å². The fraction of sp³-hybridized carbons (Fsp3) is 0.707. The van der Waals surface area contributed by atoms with Gasteiger partial charge in [0.2, 0.25) is 23.5 Å². The maximum absolute atomic E-state index is 15.1. The van der Waals surface area contributed by atoms with Gasteiger partial charge >= 0.3 is 0 Å². The topological polar surface area (TPSA) is 180 Å². The van der Waals surface area contributed by atoms with Crippen molar-refractivity contribution < 1.29 is 28.8 Å². The monoisotopic (exact) mass is 747 g/mol. The first-order valence-corrected chi connectivity index (χ1v) is 20.1. The Kier molecular flexibility index (Phi) is 13.0. The van der Waals surface area contributed by atoms with Crippen LogP contribution in [0.4, 0.5) is 0 Å². The number of nitrogens with zero attached hydrogens (tertiary/aromatic N) is 3. The van der Waals surface area contributed by atoms with Crippen LogP contribution in [0.5, 0.6) is 0 Å². The molecule has 1 unspecified atom stereocenters. The molecule has 5 rings (SSSR count). The van der Waals surface area contributed by atoms with Crippen molar-refractivity contribution in [1.82, 2.24) is 36.1 Å². The number of piperidine rings is 1. The molecule has 1 saturated heterocycles. The van der Waals surface area contributed by atoms with Gasteiger partial charge < -0.3 is 26.2 Å². The molecule has 0 bridgehead atoms. The van der Waals surface area contributed by atoms with E-state index in [1.165, 1.54) is 24.7 Å². The van der Waals surface area contributed by atoms with Gasteiger partial charge in [-0.05, 0) is 60.2 Å². The minimum atomic E-state index is -1.04. The van der Waals surface area contributed by atoms with Gasteiger partial charge in [0.25, 0.3) is 11.8 Å². The molecule has 13 nitrogen and oxygen atoms in total. The molecular weight excluding hydrogens is 686 g/mol. The maximum Gasteiger partial charge on any atom is 0.289 e. The first-order valence-electron chi connectivity index (χ1n) is 20.1. The summed E-state index contributed by atoms with van der Waals surface area (Å²) in [6, 6.07) is -3.80. The lowest BCUT2D eigenvalue weighted by molar-refractivity contribution is -0.148. The summed E-state index contributed by atoms with van der Waals surface area (Å²) in [5, 5.41) is 11.6. The number of carbonyl (C=O) groups excluding carboxylic acids is 6. The first-order chi connectivity index (χ1) is 25.7. The number of aromatic nitrogens is 2. The van der Waals surface area contributed by atoms with E-state index < -0.39 is 64.4 Å². The van der Waals surface area contributed by atoms with Gasteiger partial charge in [-0.3, -0.25) is 33.8 Å². The lowest BCUT2D eigenvalue weighted by atomic mass is 9.68. The second kappa shape index (κ2) is 17.1. The van der Waals surface area contributed by atoms with Gasteiger partial charge in [-0.2, -0.15) is 0 Å². The third-order valence-corrected chi connectivity index (χ3v) is 13.1. The third-order valence-electron chi connectivity index (χ3n) is 13.1. The number of rotatable bonds is 16. The summed E-state index contributed by atoms with van der Waals surface area (Å²) in [7, 11) is 0. The number of ketones is 1. The second-order valence-electron chi connectivity index (χ2n) is 17.3. The summed E-state index contributed by atoms with van der Waals surface area (Å²) in [5.41, 5.74) is -1.25. The van der Waals surface area contributed by atoms with Crippen molar-refractivity contribution in [3.8, 4) is 0 Å².